The number of rotatable bonds is 7. The Morgan fingerprint density at radius 3 is 2.46 bits per heavy atom. The van der Waals surface area contributed by atoms with E-state index < -0.39 is 12.2 Å². The molecule has 1 saturated carbocycles. The molecule has 8 heteroatoms. The number of hydrogen-bond donors (Lipinski definition) is 1. The predicted octanol–water partition coefficient (Wildman–Crippen LogP) is 1.95. The van der Waals surface area contributed by atoms with Crippen LogP contribution in [0, 0.1) is 5.92 Å². The van der Waals surface area contributed by atoms with E-state index in [1.54, 1.807) is 7.05 Å². The molecule has 0 aromatic carbocycles. The molecule has 2 rings (SSSR count). The van der Waals surface area contributed by atoms with Crippen molar-refractivity contribution in [3.05, 3.63) is 0 Å². The fourth-order valence-corrected chi connectivity index (χ4v) is 2.77. The van der Waals surface area contributed by atoms with Crippen molar-refractivity contribution >= 4 is 5.96 Å². The number of ether oxygens (including phenoxy) is 1. The van der Waals surface area contributed by atoms with E-state index in [2.05, 4.69) is 10.3 Å². The molecular formula is C16H29F3N4O. The third-order valence-electron chi connectivity index (χ3n) is 4.65. The zero-order valence-corrected chi connectivity index (χ0v) is 14.6. The van der Waals surface area contributed by atoms with Crippen molar-refractivity contribution in [2.75, 3.05) is 53.0 Å². The quantitative estimate of drug-likeness (QED) is 0.433. The van der Waals surface area contributed by atoms with E-state index in [4.69, 9.17) is 4.74 Å². The number of piperazine rings is 1. The summed E-state index contributed by atoms with van der Waals surface area (Å²) in [7, 11) is 1.71. The zero-order valence-electron chi connectivity index (χ0n) is 14.6. The van der Waals surface area contributed by atoms with Crippen molar-refractivity contribution in [3.63, 3.8) is 0 Å². The van der Waals surface area contributed by atoms with E-state index in [0.717, 1.165) is 38.1 Å². The van der Waals surface area contributed by atoms with Crippen molar-refractivity contribution in [2.24, 2.45) is 10.9 Å². The Bertz CT molecular complexity index is 405. The van der Waals surface area contributed by atoms with Crippen LogP contribution in [0.25, 0.3) is 0 Å². The van der Waals surface area contributed by atoms with Gasteiger partial charge in [0.15, 0.2) is 5.96 Å². The van der Waals surface area contributed by atoms with E-state index in [1.807, 2.05) is 4.90 Å². The lowest BCUT2D eigenvalue weighted by Gasteiger charge is -2.39. The molecule has 2 aliphatic rings. The minimum Gasteiger partial charge on any atom is -0.381 e. The number of halogens is 3. The highest BCUT2D eigenvalue weighted by molar-refractivity contribution is 5.79. The Balaban J connectivity index is 1.63. The molecule has 0 radical (unpaired) electrons. The molecule has 1 aliphatic carbocycles. The summed E-state index contributed by atoms with van der Waals surface area (Å²) in [5.74, 6) is 1.54. The van der Waals surface area contributed by atoms with Crippen LogP contribution in [0.5, 0.6) is 0 Å². The van der Waals surface area contributed by atoms with Crippen LogP contribution in [0.4, 0.5) is 13.2 Å². The van der Waals surface area contributed by atoms with E-state index >= 15 is 0 Å². The maximum absolute atomic E-state index is 12.8. The highest BCUT2D eigenvalue weighted by atomic mass is 19.4. The van der Waals surface area contributed by atoms with Crippen LogP contribution in [0.2, 0.25) is 0 Å². The fraction of sp³-hybridized carbons (Fsp3) is 0.938. The smallest absolute Gasteiger partial charge is 0.381 e. The summed E-state index contributed by atoms with van der Waals surface area (Å²) < 4.78 is 43.9. The van der Waals surface area contributed by atoms with Gasteiger partial charge < -0.3 is 15.0 Å². The van der Waals surface area contributed by atoms with Crippen molar-refractivity contribution in [1.82, 2.24) is 15.1 Å². The van der Waals surface area contributed by atoms with Gasteiger partial charge in [-0.3, -0.25) is 9.89 Å². The highest BCUT2D eigenvalue weighted by Gasteiger charge is 2.41. The maximum atomic E-state index is 12.8. The topological polar surface area (TPSA) is 40.1 Å². The van der Waals surface area contributed by atoms with Crippen molar-refractivity contribution in [3.8, 4) is 0 Å². The minimum atomic E-state index is -4.16. The largest absolute Gasteiger partial charge is 0.403 e. The summed E-state index contributed by atoms with van der Waals surface area (Å²) in [6, 6.07) is -1.39. The summed E-state index contributed by atoms with van der Waals surface area (Å²) in [6.45, 7) is 5.49. The molecule has 5 nitrogen and oxygen atoms in total. The van der Waals surface area contributed by atoms with Gasteiger partial charge in [0.25, 0.3) is 0 Å². The first kappa shape index (κ1) is 19.3. The van der Waals surface area contributed by atoms with E-state index in [-0.39, 0.29) is 0 Å². The SMILES string of the molecule is CN=C(NCCCOCC1CC1)N1CCN(C(C)C(F)(F)F)CC1. The first-order chi connectivity index (χ1) is 11.4. The highest BCUT2D eigenvalue weighted by Crippen LogP contribution is 2.28. The molecule has 0 bridgehead atoms. The molecule has 1 heterocycles. The van der Waals surface area contributed by atoms with Gasteiger partial charge in [0.2, 0.25) is 0 Å². The number of nitrogens with zero attached hydrogens (tertiary/aromatic N) is 3. The third-order valence-corrected chi connectivity index (χ3v) is 4.65. The van der Waals surface area contributed by atoms with Gasteiger partial charge in [-0.15, -0.1) is 0 Å². The lowest BCUT2D eigenvalue weighted by Crippen LogP contribution is -2.56. The lowest BCUT2D eigenvalue weighted by molar-refractivity contribution is -0.181. The Hall–Kier alpha value is -1.02. The minimum absolute atomic E-state index is 0.395. The van der Waals surface area contributed by atoms with Crippen LogP contribution in [0.3, 0.4) is 0 Å². The standard InChI is InChI=1S/C16H29F3N4O/c1-13(16(17,18)19)22-7-9-23(10-8-22)15(20-2)21-6-3-11-24-12-14-4-5-14/h13-14H,3-12H2,1-2H3,(H,20,21). The van der Waals surface area contributed by atoms with Crippen LogP contribution >= 0.6 is 0 Å². The van der Waals surface area contributed by atoms with Crippen LogP contribution in [0.15, 0.2) is 4.99 Å². The molecule has 0 aromatic heterocycles. The molecule has 1 saturated heterocycles. The number of guanidine groups is 1. The first-order valence-electron chi connectivity index (χ1n) is 8.76. The molecule has 1 N–H and O–H groups in total. The van der Waals surface area contributed by atoms with Crippen molar-refractivity contribution in [1.29, 1.82) is 0 Å². The van der Waals surface area contributed by atoms with Gasteiger partial charge in [-0.2, -0.15) is 13.2 Å². The number of aliphatic imine (C=N–C) groups is 1. The van der Waals surface area contributed by atoms with Crippen LogP contribution in [0.1, 0.15) is 26.2 Å². The number of nitrogens with one attached hydrogen (secondary N) is 1. The van der Waals surface area contributed by atoms with Crippen LogP contribution in [-0.2, 0) is 4.74 Å². The van der Waals surface area contributed by atoms with Gasteiger partial charge in [-0.05, 0) is 32.1 Å². The van der Waals surface area contributed by atoms with Crippen LogP contribution < -0.4 is 5.32 Å². The van der Waals surface area contributed by atoms with E-state index in [9.17, 15) is 13.2 Å². The summed E-state index contributed by atoms with van der Waals surface area (Å²) >= 11 is 0. The summed E-state index contributed by atoms with van der Waals surface area (Å²) in [5.41, 5.74) is 0. The average molecular weight is 350 g/mol. The molecule has 1 aliphatic heterocycles. The van der Waals surface area contributed by atoms with Gasteiger partial charge in [-0.1, -0.05) is 0 Å². The summed E-state index contributed by atoms with van der Waals surface area (Å²) in [6.07, 6.45) is -0.674. The van der Waals surface area contributed by atoms with Gasteiger partial charge in [0, 0.05) is 53.0 Å². The van der Waals surface area contributed by atoms with Gasteiger partial charge in [0.1, 0.15) is 6.04 Å². The number of alkyl halides is 3. The van der Waals surface area contributed by atoms with E-state index in [1.165, 1.54) is 24.7 Å². The fourth-order valence-electron chi connectivity index (χ4n) is 2.77. The normalized spacial score (nSPS) is 21.9. The molecule has 2 fully saturated rings. The average Bonchev–Trinajstić information content (AvgIpc) is 3.37. The molecule has 0 aromatic rings. The monoisotopic (exact) mass is 350 g/mol. The zero-order chi connectivity index (χ0) is 17.6. The Morgan fingerprint density at radius 1 is 1.25 bits per heavy atom. The second-order valence-corrected chi connectivity index (χ2v) is 6.59. The number of hydrogen-bond acceptors (Lipinski definition) is 3. The maximum Gasteiger partial charge on any atom is 0.403 e. The molecule has 24 heavy (non-hydrogen) atoms. The van der Waals surface area contributed by atoms with Gasteiger partial charge in [-0.25, -0.2) is 0 Å². The third kappa shape index (κ3) is 6.12. The lowest BCUT2D eigenvalue weighted by atomic mass is 10.2. The predicted molar refractivity (Wildman–Crippen MR) is 88.2 cm³/mol. The first-order valence-corrected chi connectivity index (χ1v) is 8.76. The summed E-state index contributed by atoms with van der Waals surface area (Å²) in [4.78, 5) is 7.74. The second kappa shape index (κ2) is 8.89. The summed E-state index contributed by atoms with van der Waals surface area (Å²) in [5, 5.41) is 3.27. The Kier molecular flexibility index (Phi) is 7.16. The molecule has 0 amide bonds. The Morgan fingerprint density at radius 2 is 1.92 bits per heavy atom. The second-order valence-electron chi connectivity index (χ2n) is 6.59. The van der Waals surface area contributed by atoms with E-state index in [0.29, 0.717) is 26.2 Å². The van der Waals surface area contributed by atoms with Crippen molar-refractivity contribution < 1.29 is 17.9 Å². The van der Waals surface area contributed by atoms with Crippen LogP contribution in [-0.4, -0.2) is 81.0 Å². The van der Waals surface area contributed by atoms with Crippen molar-refractivity contribution in [2.45, 2.75) is 38.4 Å². The molecule has 1 unspecified atom stereocenters. The molecule has 1 atom stereocenters. The molecule has 140 valence electrons. The molecular weight excluding hydrogens is 321 g/mol. The molecule has 0 spiro atoms. The Labute approximate surface area is 142 Å². The van der Waals surface area contributed by atoms with Gasteiger partial charge >= 0.3 is 6.18 Å². The van der Waals surface area contributed by atoms with Gasteiger partial charge in [0.05, 0.1) is 0 Å².